The van der Waals surface area contributed by atoms with Crippen molar-refractivity contribution in [2.24, 2.45) is 5.14 Å². The molecule has 0 saturated carbocycles. The van der Waals surface area contributed by atoms with E-state index in [0.29, 0.717) is 5.69 Å². The third-order valence-electron chi connectivity index (χ3n) is 3.44. The van der Waals surface area contributed by atoms with Crippen LogP contribution in [0.25, 0.3) is 6.08 Å². The summed E-state index contributed by atoms with van der Waals surface area (Å²) < 4.78 is 36.8. The predicted molar refractivity (Wildman–Crippen MR) is 101 cm³/mol. The van der Waals surface area contributed by atoms with Crippen LogP contribution < -0.4 is 15.4 Å². The standard InChI is InChI=1S/C17H17ClFN3O3S/c1-22(2)16-8-6-11(26(20,24)25)10-15(16)21-17(23)9-7-12-13(18)4-3-5-14(12)19/h3-10H,1-2H3,(H,21,23)(H2,20,24,25)/b9-7+. The van der Waals surface area contributed by atoms with Gasteiger partial charge >= 0.3 is 0 Å². The Kier molecular flexibility index (Phi) is 6.01. The molecule has 0 unspecified atom stereocenters. The second-order valence-electron chi connectivity index (χ2n) is 5.58. The van der Waals surface area contributed by atoms with Gasteiger partial charge in [-0.15, -0.1) is 0 Å². The highest BCUT2D eigenvalue weighted by atomic mass is 35.5. The van der Waals surface area contributed by atoms with Crippen molar-refractivity contribution in [2.45, 2.75) is 4.90 Å². The number of amides is 1. The van der Waals surface area contributed by atoms with Crippen molar-refractivity contribution in [3.8, 4) is 0 Å². The Morgan fingerprint density at radius 2 is 1.96 bits per heavy atom. The zero-order chi connectivity index (χ0) is 19.5. The maximum absolute atomic E-state index is 13.7. The fourth-order valence-corrected chi connectivity index (χ4v) is 2.95. The lowest BCUT2D eigenvalue weighted by molar-refractivity contribution is -0.111. The van der Waals surface area contributed by atoms with E-state index < -0.39 is 21.7 Å². The van der Waals surface area contributed by atoms with Gasteiger partial charge in [0, 0.05) is 25.7 Å². The van der Waals surface area contributed by atoms with Crippen LogP contribution in [0, 0.1) is 5.82 Å². The molecule has 0 aliphatic carbocycles. The summed E-state index contributed by atoms with van der Waals surface area (Å²) in [5, 5.41) is 7.85. The molecule has 9 heteroatoms. The van der Waals surface area contributed by atoms with E-state index in [-0.39, 0.29) is 21.2 Å². The lowest BCUT2D eigenvalue weighted by Gasteiger charge is -2.18. The number of nitrogens with two attached hydrogens (primary N) is 1. The van der Waals surface area contributed by atoms with Crippen LogP contribution in [0.15, 0.2) is 47.4 Å². The molecule has 0 spiro atoms. The molecule has 0 fully saturated rings. The molecule has 0 bridgehead atoms. The third kappa shape index (κ3) is 4.81. The fraction of sp³-hybridized carbons (Fsp3) is 0.118. The number of carbonyl (C=O) groups is 1. The van der Waals surface area contributed by atoms with E-state index in [0.717, 1.165) is 6.08 Å². The van der Waals surface area contributed by atoms with Crippen molar-refractivity contribution in [1.82, 2.24) is 0 Å². The van der Waals surface area contributed by atoms with Crippen molar-refractivity contribution in [2.75, 3.05) is 24.3 Å². The largest absolute Gasteiger partial charge is 0.376 e. The van der Waals surface area contributed by atoms with Crippen molar-refractivity contribution >= 4 is 45.0 Å². The molecule has 138 valence electrons. The predicted octanol–water partition coefficient (Wildman–Crippen LogP) is 2.84. The maximum atomic E-state index is 13.7. The molecular weight excluding hydrogens is 381 g/mol. The molecule has 1 amide bonds. The molecule has 2 aromatic carbocycles. The number of sulfonamides is 1. The number of rotatable bonds is 5. The van der Waals surface area contributed by atoms with E-state index in [1.54, 1.807) is 19.0 Å². The first kappa shape index (κ1) is 19.9. The monoisotopic (exact) mass is 397 g/mol. The molecule has 2 aromatic rings. The lowest BCUT2D eigenvalue weighted by atomic mass is 10.2. The highest BCUT2D eigenvalue weighted by Gasteiger charge is 2.14. The molecule has 2 rings (SSSR count). The second kappa shape index (κ2) is 7.86. The molecule has 0 saturated heterocycles. The van der Waals surface area contributed by atoms with Gasteiger partial charge in [-0.05, 0) is 36.4 Å². The minimum Gasteiger partial charge on any atom is -0.376 e. The first-order chi connectivity index (χ1) is 12.1. The molecule has 0 atom stereocenters. The van der Waals surface area contributed by atoms with E-state index in [1.165, 1.54) is 42.5 Å². The normalized spacial score (nSPS) is 11.6. The number of nitrogens with zero attached hydrogens (tertiary/aromatic N) is 1. The van der Waals surface area contributed by atoms with Crippen molar-refractivity contribution < 1.29 is 17.6 Å². The Morgan fingerprint density at radius 3 is 2.54 bits per heavy atom. The smallest absolute Gasteiger partial charge is 0.248 e. The van der Waals surface area contributed by atoms with Gasteiger partial charge in [-0.25, -0.2) is 17.9 Å². The summed E-state index contributed by atoms with van der Waals surface area (Å²) in [6.45, 7) is 0. The van der Waals surface area contributed by atoms with Crippen LogP contribution in [0.4, 0.5) is 15.8 Å². The Morgan fingerprint density at radius 1 is 1.27 bits per heavy atom. The second-order valence-corrected chi connectivity index (χ2v) is 7.54. The summed E-state index contributed by atoms with van der Waals surface area (Å²) >= 11 is 5.90. The van der Waals surface area contributed by atoms with Crippen LogP contribution in [0.5, 0.6) is 0 Å². The summed E-state index contributed by atoms with van der Waals surface area (Å²) in [5.41, 5.74) is 0.898. The Hall–Kier alpha value is -2.42. The van der Waals surface area contributed by atoms with Crippen LogP contribution in [-0.4, -0.2) is 28.4 Å². The number of hydrogen-bond acceptors (Lipinski definition) is 4. The molecule has 0 aromatic heterocycles. The molecule has 0 radical (unpaired) electrons. The van der Waals surface area contributed by atoms with E-state index in [4.69, 9.17) is 16.7 Å². The van der Waals surface area contributed by atoms with Crippen molar-refractivity contribution in [3.63, 3.8) is 0 Å². The molecule has 6 nitrogen and oxygen atoms in total. The first-order valence-electron chi connectivity index (χ1n) is 7.37. The minimum absolute atomic E-state index is 0.0791. The summed E-state index contributed by atoms with van der Waals surface area (Å²) in [5.74, 6) is -1.15. The molecule has 0 aliphatic rings. The van der Waals surface area contributed by atoms with E-state index in [2.05, 4.69) is 5.32 Å². The highest BCUT2D eigenvalue weighted by Crippen LogP contribution is 2.27. The fourth-order valence-electron chi connectivity index (χ4n) is 2.19. The van der Waals surface area contributed by atoms with Gasteiger partial charge in [0.25, 0.3) is 0 Å². The quantitative estimate of drug-likeness (QED) is 0.759. The molecule has 26 heavy (non-hydrogen) atoms. The maximum Gasteiger partial charge on any atom is 0.248 e. The van der Waals surface area contributed by atoms with Gasteiger partial charge in [-0.1, -0.05) is 17.7 Å². The van der Waals surface area contributed by atoms with Gasteiger partial charge in [0.05, 0.1) is 21.3 Å². The lowest BCUT2D eigenvalue weighted by Crippen LogP contribution is -2.17. The summed E-state index contributed by atoms with van der Waals surface area (Å²) in [6.07, 6.45) is 2.35. The van der Waals surface area contributed by atoms with E-state index in [1.807, 2.05) is 0 Å². The zero-order valence-electron chi connectivity index (χ0n) is 14.0. The zero-order valence-corrected chi connectivity index (χ0v) is 15.6. The van der Waals surface area contributed by atoms with Gasteiger partial charge < -0.3 is 10.2 Å². The van der Waals surface area contributed by atoms with Crippen molar-refractivity contribution in [1.29, 1.82) is 0 Å². The van der Waals surface area contributed by atoms with Gasteiger partial charge in [-0.3, -0.25) is 4.79 Å². The Balaban J connectivity index is 2.32. The summed E-state index contributed by atoms with van der Waals surface area (Å²) in [6, 6.07) is 8.30. The minimum atomic E-state index is -3.92. The van der Waals surface area contributed by atoms with Crippen LogP contribution in [0.3, 0.4) is 0 Å². The average Bonchev–Trinajstić information content (AvgIpc) is 2.53. The number of benzene rings is 2. The average molecular weight is 398 g/mol. The first-order valence-corrected chi connectivity index (χ1v) is 9.29. The number of halogens is 2. The Labute approximate surface area is 156 Å². The summed E-state index contributed by atoms with van der Waals surface area (Å²) in [4.78, 5) is 13.7. The van der Waals surface area contributed by atoms with Gasteiger partial charge in [-0.2, -0.15) is 0 Å². The summed E-state index contributed by atoms with van der Waals surface area (Å²) in [7, 11) is -0.460. The number of hydrogen-bond donors (Lipinski definition) is 2. The Bertz CT molecular complexity index is 955. The van der Waals surface area contributed by atoms with Crippen LogP contribution in [-0.2, 0) is 14.8 Å². The SMILES string of the molecule is CN(C)c1ccc(S(N)(=O)=O)cc1NC(=O)/C=C/c1c(F)cccc1Cl. The topological polar surface area (TPSA) is 92.5 Å². The molecule has 0 heterocycles. The number of primary sulfonamides is 1. The van der Waals surface area contributed by atoms with Crippen LogP contribution in [0.2, 0.25) is 5.02 Å². The molecule has 0 aliphatic heterocycles. The highest BCUT2D eigenvalue weighted by molar-refractivity contribution is 7.89. The van der Waals surface area contributed by atoms with Gasteiger partial charge in [0.15, 0.2) is 0 Å². The number of anilines is 2. The number of nitrogens with one attached hydrogen (secondary N) is 1. The van der Waals surface area contributed by atoms with Crippen LogP contribution in [0.1, 0.15) is 5.56 Å². The third-order valence-corrected chi connectivity index (χ3v) is 4.68. The van der Waals surface area contributed by atoms with Crippen LogP contribution >= 0.6 is 11.6 Å². The van der Waals surface area contributed by atoms with Gasteiger partial charge in [0.2, 0.25) is 15.9 Å². The molecule has 3 N–H and O–H groups in total. The van der Waals surface area contributed by atoms with E-state index in [9.17, 15) is 17.6 Å². The number of carbonyl (C=O) groups excluding carboxylic acids is 1. The molecular formula is C17H17ClFN3O3S. The van der Waals surface area contributed by atoms with Crippen molar-refractivity contribution in [3.05, 3.63) is 58.9 Å². The van der Waals surface area contributed by atoms with E-state index >= 15 is 0 Å². The van der Waals surface area contributed by atoms with Gasteiger partial charge in [0.1, 0.15) is 5.82 Å².